The van der Waals surface area contributed by atoms with Gasteiger partial charge in [0.25, 0.3) is 0 Å². The first kappa shape index (κ1) is 18.2. The summed E-state index contributed by atoms with van der Waals surface area (Å²) in [5.74, 6) is 0.507. The lowest BCUT2D eigenvalue weighted by Gasteiger charge is -2.16. The van der Waals surface area contributed by atoms with Crippen molar-refractivity contribution in [2.75, 3.05) is 11.4 Å². The number of hydrogen-bond donors (Lipinski definition) is 1. The van der Waals surface area contributed by atoms with Crippen molar-refractivity contribution in [1.29, 1.82) is 0 Å². The SMILES string of the molecule is Cc1cc(-c2[nH]c3ccc(N4CCC(Br)C4=O)cc3c2C(C)C)cc(C)n1. The second-order valence-corrected chi connectivity index (χ2v) is 8.79. The van der Waals surface area contributed by atoms with Crippen molar-refractivity contribution in [3.63, 3.8) is 0 Å². The molecule has 0 aliphatic carbocycles. The number of aromatic amines is 1. The zero-order valence-corrected chi connectivity index (χ0v) is 17.7. The molecule has 1 N–H and O–H groups in total. The number of aryl methyl sites for hydroxylation is 2. The van der Waals surface area contributed by atoms with Crippen LogP contribution in [0.4, 0.5) is 5.69 Å². The van der Waals surface area contributed by atoms with E-state index in [9.17, 15) is 4.79 Å². The first-order valence-corrected chi connectivity index (χ1v) is 10.3. The zero-order valence-electron chi connectivity index (χ0n) is 16.1. The monoisotopic (exact) mass is 425 g/mol. The third kappa shape index (κ3) is 3.18. The molecule has 0 radical (unpaired) electrons. The van der Waals surface area contributed by atoms with Gasteiger partial charge < -0.3 is 9.88 Å². The van der Waals surface area contributed by atoms with Gasteiger partial charge in [0.1, 0.15) is 0 Å². The number of rotatable bonds is 3. The summed E-state index contributed by atoms with van der Waals surface area (Å²) in [6.45, 7) is 9.26. The van der Waals surface area contributed by atoms with Gasteiger partial charge in [-0.1, -0.05) is 29.8 Å². The number of H-pyrrole nitrogens is 1. The summed E-state index contributed by atoms with van der Waals surface area (Å²) < 4.78 is 0. The fraction of sp³-hybridized carbons (Fsp3) is 0.364. The van der Waals surface area contributed by atoms with E-state index in [4.69, 9.17) is 0 Å². The topological polar surface area (TPSA) is 49.0 Å². The average molecular weight is 426 g/mol. The molecule has 27 heavy (non-hydrogen) atoms. The Kier molecular flexibility index (Phi) is 4.58. The van der Waals surface area contributed by atoms with Crippen LogP contribution in [0.15, 0.2) is 30.3 Å². The van der Waals surface area contributed by atoms with E-state index < -0.39 is 0 Å². The van der Waals surface area contributed by atoms with Gasteiger partial charge in [0.15, 0.2) is 0 Å². The molecule has 1 aliphatic rings. The number of alkyl halides is 1. The van der Waals surface area contributed by atoms with E-state index >= 15 is 0 Å². The molecule has 140 valence electrons. The first-order valence-electron chi connectivity index (χ1n) is 9.42. The van der Waals surface area contributed by atoms with Gasteiger partial charge in [0, 0.05) is 40.1 Å². The number of fused-ring (bicyclic) bond motifs is 1. The van der Waals surface area contributed by atoms with Crippen LogP contribution in [0.25, 0.3) is 22.2 Å². The van der Waals surface area contributed by atoms with E-state index in [0.717, 1.165) is 41.3 Å². The summed E-state index contributed by atoms with van der Waals surface area (Å²) >= 11 is 3.47. The van der Waals surface area contributed by atoms with Crippen LogP contribution in [0, 0.1) is 13.8 Å². The number of nitrogens with one attached hydrogen (secondary N) is 1. The fourth-order valence-corrected chi connectivity index (χ4v) is 4.53. The van der Waals surface area contributed by atoms with Crippen LogP contribution in [0.1, 0.15) is 43.1 Å². The van der Waals surface area contributed by atoms with Crippen LogP contribution >= 0.6 is 15.9 Å². The van der Waals surface area contributed by atoms with Gasteiger partial charge >= 0.3 is 0 Å². The molecule has 0 spiro atoms. The smallest absolute Gasteiger partial charge is 0.240 e. The Morgan fingerprint density at radius 1 is 1.19 bits per heavy atom. The summed E-state index contributed by atoms with van der Waals surface area (Å²) in [5, 5.41) is 1.19. The van der Waals surface area contributed by atoms with Crippen LogP contribution in [0.3, 0.4) is 0 Å². The number of halogens is 1. The van der Waals surface area contributed by atoms with Crippen LogP contribution < -0.4 is 4.90 Å². The largest absolute Gasteiger partial charge is 0.354 e. The molecule has 1 fully saturated rings. The van der Waals surface area contributed by atoms with Crippen molar-refractivity contribution in [3.8, 4) is 11.3 Å². The Bertz CT molecular complexity index is 1020. The number of carbonyl (C=O) groups is 1. The van der Waals surface area contributed by atoms with Crippen molar-refractivity contribution < 1.29 is 4.79 Å². The summed E-state index contributed by atoms with van der Waals surface area (Å²) in [7, 11) is 0. The van der Waals surface area contributed by atoms with Crippen molar-refractivity contribution >= 4 is 38.4 Å². The highest BCUT2D eigenvalue weighted by Crippen LogP contribution is 2.38. The second kappa shape index (κ2) is 6.79. The average Bonchev–Trinajstić information content (AvgIpc) is 3.14. The lowest BCUT2D eigenvalue weighted by atomic mass is 9.95. The number of benzene rings is 1. The van der Waals surface area contributed by atoms with Gasteiger partial charge in [0.2, 0.25) is 5.91 Å². The number of nitrogens with zero attached hydrogens (tertiary/aromatic N) is 2. The predicted molar refractivity (Wildman–Crippen MR) is 115 cm³/mol. The van der Waals surface area contributed by atoms with E-state index in [2.05, 4.69) is 64.0 Å². The summed E-state index contributed by atoms with van der Waals surface area (Å²) in [4.78, 5) is 22.4. The molecule has 1 unspecified atom stereocenters. The Balaban J connectivity index is 1.89. The molecule has 3 aromatic rings. The molecule has 1 aromatic carbocycles. The van der Waals surface area contributed by atoms with E-state index in [1.807, 2.05) is 24.8 Å². The minimum absolute atomic E-state index is 0.0673. The number of pyridine rings is 1. The van der Waals surface area contributed by atoms with Crippen molar-refractivity contribution in [2.24, 2.45) is 0 Å². The van der Waals surface area contributed by atoms with Crippen molar-refractivity contribution in [3.05, 3.63) is 47.3 Å². The van der Waals surface area contributed by atoms with E-state index in [1.54, 1.807) is 0 Å². The van der Waals surface area contributed by atoms with Crippen LogP contribution in [0.5, 0.6) is 0 Å². The molecule has 1 aliphatic heterocycles. The predicted octanol–water partition coefficient (Wildman–Crippen LogP) is 5.47. The zero-order chi connectivity index (χ0) is 19.3. The number of anilines is 1. The molecule has 0 saturated carbocycles. The maximum Gasteiger partial charge on any atom is 0.240 e. The molecule has 1 amide bonds. The lowest BCUT2D eigenvalue weighted by molar-refractivity contribution is -0.116. The normalized spacial score (nSPS) is 17.5. The Labute approximate surface area is 168 Å². The number of hydrogen-bond acceptors (Lipinski definition) is 2. The maximum atomic E-state index is 12.4. The standard InChI is InChI=1S/C22H24BrN3O/c1-12(2)20-17-11-16(26-8-7-18(23)22(26)27)5-6-19(17)25-21(20)15-9-13(3)24-14(4)10-15/h5-6,9-12,18,25H,7-8H2,1-4H3. The lowest BCUT2D eigenvalue weighted by Crippen LogP contribution is -2.26. The van der Waals surface area contributed by atoms with Crippen LogP contribution in [-0.4, -0.2) is 27.2 Å². The molecule has 4 nitrogen and oxygen atoms in total. The molecule has 2 aromatic heterocycles. The van der Waals surface area contributed by atoms with Gasteiger partial charge in [-0.15, -0.1) is 0 Å². The minimum Gasteiger partial charge on any atom is -0.354 e. The Morgan fingerprint density at radius 3 is 2.48 bits per heavy atom. The number of carbonyl (C=O) groups excluding carboxylic acids is 1. The molecule has 4 rings (SSSR count). The summed E-state index contributed by atoms with van der Waals surface area (Å²) in [6.07, 6.45) is 0.849. The minimum atomic E-state index is -0.0673. The van der Waals surface area contributed by atoms with Crippen molar-refractivity contribution in [1.82, 2.24) is 9.97 Å². The first-order chi connectivity index (χ1) is 12.8. The number of amides is 1. The molecule has 1 atom stereocenters. The quantitative estimate of drug-likeness (QED) is 0.565. The van der Waals surface area contributed by atoms with Gasteiger partial charge in [-0.25, -0.2) is 0 Å². The third-order valence-corrected chi connectivity index (χ3v) is 6.07. The fourth-order valence-electron chi connectivity index (χ4n) is 4.08. The highest BCUT2D eigenvalue weighted by molar-refractivity contribution is 9.10. The third-order valence-electron chi connectivity index (χ3n) is 5.22. The second-order valence-electron chi connectivity index (χ2n) is 7.68. The van der Waals surface area contributed by atoms with E-state index in [0.29, 0.717) is 5.92 Å². The van der Waals surface area contributed by atoms with E-state index in [1.165, 1.54) is 16.5 Å². The van der Waals surface area contributed by atoms with Gasteiger partial charge in [-0.2, -0.15) is 0 Å². The van der Waals surface area contributed by atoms with Gasteiger partial charge in [0.05, 0.1) is 10.5 Å². The van der Waals surface area contributed by atoms with Crippen LogP contribution in [-0.2, 0) is 4.79 Å². The van der Waals surface area contributed by atoms with Crippen molar-refractivity contribution in [2.45, 2.75) is 44.9 Å². The molecule has 3 heterocycles. The number of aromatic nitrogens is 2. The highest BCUT2D eigenvalue weighted by atomic mass is 79.9. The van der Waals surface area contributed by atoms with Gasteiger partial charge in [-0.05, 0) is 62.1 Å². The van der Waals surface area contributed by atoms with Crippen LogP contribution in [0.2, 0.25) is 0 Å². The van der Waals surface area contributed by atoms with E-state index in [-0.39, 0.29) is 10.7 Å². The molecule has 5 heteroatoms. The molecular formula is C22H24BrN3O. The molecule has 1 saturated heterocycles. The molecule has 0 bridgehead atoms. The highest BCUT2D eigenvalue weighted by Gasteiger charge is 2.30. The Hall–Kier alpha value is -2.14. The summed E-state index contributed by atoms with van der Waals surface area (Å²) in [5.41, 5.74) is 7.72. The summed E-state index contributed by atoms with van der Waals surface area (Å²) in [6, 6.07) is 10.6. The Morgan fingerprint density at radius 2 is 1.89 bits per heavy atom. The van der Waals surface area contributed by atoms with Gasteiger partial charge in [-0.3, -0.25) is 9.78 Å². The molecular weight excluding hydrogens is 402 g/mol. The maximum absolute atomic E-state index is 12.4.